The van der Waals surface area contributed by atoms with Crippen molar-refractivity contribution in [1.82, 2.24) is 15.1 Å². The number of halogens is 1. The predicted molar refractivity (Wildman–Crippen MR) is 45.0 cm³/mol. The highest BCUT2D eigenvalue weighted by Crippen LogP contribution is 2.20. The topological polar surface area (TPSA) is 71.8 Å². The molecule has 0 aromatic carbocycles. The molecule has 0 atom stereocenters. The van der Waals surface area contributed by atoms with Crippen molar-refractivity contribution in [2.75, 3.05) is 0 Å². The maximum Gasteiger partial charge on any atom is 0.287 e. The van der Waals surface area contributed by atoms with E-state index in [1.54, 1.807) is 6.92 Å². The van der Waals surface area contributed by atoms with Gasteiger partial charge in [-0.2, -0.15) is 4.39 Å². The Morgan fingerprint density at radius 3 is 3.00 bits per heavy atom. The molecule has 2 rings (SSSR count). The van der Waals surface area contributed by atoms with Gasteiger partial charge in [0.25, 0.3) is 5.56 Å². The van der Waals surface area contributed by atoms with E-state index in [1.807, 2.05) is 0 Å². The standard InChI is InChI=1S/C8H6FN3O2/c1-4-5(2-12-14-4)7-6(9)8(13)11-3-10-7/h2-3H,1H3,(H,10,11,13). The lowest BCUT2D eigenvalue weighted by Crippen LogP contribution is -2.12. The highest BCUT2D eigenvalue weighted by atomic mass is 19.1. The molecular formula is C8H6FN3O2. The first-order valence-corrected chi connectivity index (χ1v) is 3.85. The first-order chi connectivity index (χ1) is 6.70. The summed E-state index contributed by atoms with van der Waals surface area (Å²) in [5.41, 5.74) is -0.475. The highest BCUT2D eigenvalue weighted by Gasteiger charge is 2.14. The number of rotatable bonds is 1. The second-order valence-corrected chi connectivity index (χ2v) is 2.69. The lowest BCUT2D eigenvalue weighted by atomic mass is 10.2. The van der Waals surface area contributed by atoms with E-state index in [-0.39, 0.29) is 5.69 Å². The Hall–Kier alpha value is -1.98. The molecule has 0 saturated heterocycles. The van der Waals surface area contributed by atoms with Gasteiger partial charge in [0.05, 0.1) is 18.1 Å². The maximum absolute atomic E-state index is 13.3. The third-order valence-electron chi connectivity index (χ3n) is 1.80. The first kappa shape index (κ1) is 8.61. The zero-order valence-electron chi connectivity index (χ0n) is 7.24. The number of aryl methyl sites for hydroxylation is 1. The maximum atomic E-state index is 13.3. The lowest BCUT2D eigenvalue weighted by Gasteiger charge is -1.96. The van der Waals surface area contributed by atoms with E-state index in [0.29, 0.717) is 11.3 Å². The third-order valence-corrected chi connectivity index (χ3v) is 1.80. The fourth-order valence-electron chi connectivity index (χ4n) is 1.10. The second kappa shape index (κ2) is 3.06. The summed E-state index contributed by atoms with van der Waals surface area (Å²) < 4.78 is 18.0. The summed E-state index contributed by atoms with van der Waals surface area (Å²) in [6, 6.07) is 0. The van der Waals surface area contributed by atoms with Crippen molar-refractivity contribution in [3.63, 3.8) is 0 Å². The van der Waals surface area contributed by atoms with Gasteiger partial charge in [0.15, 0.2) is 0 Å². The van der Waals surface area contributed by atoms with Crippen molar-refractivity contribution < 1.29 is 8.91 Å². The third kappa shape index (κ3) is 1.20. The molecule has 1 N–H and O–H groups in total. The average molecular weight is 195 g/mol. The number of aromatic amines is 1. The van der Waals surface area contributed by atoms with Crippen LogP contribution in [0.15, 0.2) is 21.8 Å². The van der Waals surface area contributed by atoms with E-state index in [0.717, 1.165) is 6.33 Å². The molecule has 0 amide bonds. The van der Waals surface area contributed by atoms with Gasteiger partial charge in [0.1, 0.15) is 11.5 Å². The van der Waals surface area contributed by atoms with Crippen molar-refractivity contribution in [1.29, 1.82) is 0 Å². The molecule has 72 valence electrons. The van der Waals surface area contributed by atoms with Crippen LogP contribution in [0, 0.1) is 12.7 Å². The Labute approximate surface area is 77.6 Å². The van der Waals surface area contributed by atoms with Crippen LogP contribution >= 0.6 is 0 Å². The van der Waals surface area contributed by atoms with Gasteiger partial charge in [-0.25, -0.2) is 4.98 Å². The number of H-pyrrole nitrogens is 1. The van der Waals surface area contributed by atoms with Gasteiger partial charge in [-0.3, -0.25) is 4.79 Å². The molecule has 0 unspecified atom stereocenters. The summed E-state index contributed by atoms with van der Waals surface area (Å²) in [6.07, 6.45) is 2.45. The molecule has 2 aromatic rings. The number of hydrogen-bond acceptors (Lipinski definition) is 4. The Morgan fingerprint density at radius 1 is 1.57 bits per heavy atom. The summed E-state index contributed by atoms with van der Waals surface area (Å²) in [4.78, 5) is 16.8. The average Bonchev–Trinajstić information content (AvgIpc) is 2.57. The number of aromatic nitrogens is 3. The molecular weight excluding hydrogens is 189 g/mol. The van der Waals surface area contributed by atoms with Crippen LogP contribution in [0.25, 0.3) is 11.3 Å². The predicted octanol–water partition coefficient (Wildman–Crippen LogP) is 0.872. The Kier molecular flexibility index (Phi) is 1.88. The number of nitrogens with one attached hydrogen (secondary N) is 1. The Bertz CT molecular complexity index is 517. The minimum Gasteiger partial charge on any atom is -0.361 e. The van der Waals surface area contributed by atoms with Gasteiger partial charge in [0, 0.05) is 0 Å². The molecule has 0 aliphatic carbocycles. The van der Waals surface area contributed by atoms with E-state index >= 15 is 0 Å². The van der Waals surface area contributed by atoms with E-state index in [4.69, 9.17) is 4.52 Å². The summed E-state index contributed by atoms with van der Waals surface area (Å²) >= 11 is 0. The van der Waals surface area contributed by atoms with Crippen LogP contribution in [-0.2, 0) is 0 Å². The minimum atomic E-state index is -0.932. The van der Waals surface area contributed by atoms with Crippen molar-refractivity contribution in [3.05, 3.63) is 34.5 Å². The van der Waals surface area contributed by atoms with Gasteiger partial charge in [0.2, 0.25) is 5.82 Å². The van der Waals surface area contributed by atoms with Gasteiger partial charge in [-0.05, 0) is 6.92 Å². The van der Waals surface area contributed by atoms with Crippen LogP contribution in [-0.4, -0.2) is 15.1 Å². The highest BCUT2D eigenvalue weighted by molar-refractivity contribution is 5.59. The van der Waals surface area contributed by atoms with E-state index in [9.17, 15) is 9.18 Å². The molecule has 0 aliphatic heterocycles. The molecule has 0 radical (unpaired) electrons. The molecule has 5 nitrogen and oxygen atoms in total. The van der Waals surface area contributed by atoms with Gasteiger partial charge in [-0.15, -0.1) is 0 Å². The van der Waals surface area contributed by atoms with E-state index in [1.165, 1.54) is 6.20 Å². The van der Waals surface area contributed by atoms with Crippen molar-refractivity contribution in [3.8, 4) is 11.3 Å². The fourth-order valence-corrected chi connectivity index (χ4v) is 1.10. The Morgan fingerprint density at radius 2 is 2.36 bits per heavy atom. The van der Waals surface area contributed by atoms with Gasteiger partial charge < -0.3 is 9.51 Å². The summed E-state index contributed by atoms with van der Waals surface area (Å²) in [5, 5.41) is 3.47. The SMILES string of the molecule is Cc1oncc1-c1nc[nH]c(=O)c1F. The molecule has 0 aliphatic rings. The Balaban J connectivity index is 2.69. The molecule has 0 bridgehead atoms. The van der Waals surface area contributed by atoms with Crippen LogP contribution in [0.1, 0.15) is 5.76 Å². The smallest absolute Gasteiger partial charge is 0.287 e. The minimum absolute atomic E-state index is 0.0486. The monoisotopic (exact) mass is 195 g/mol. The molecule has 6 heteroatoms. The van der Waals surface area contributed by atoms with Crippen LogP contribution in [0.5, 0.6) is 0 Å². The molecule has 14 heavy (non-hydrogen) atoms. The van der Waals surface area contributed by atoms with Gasteiger partial charge in [-0.1, -0.05) is 5.16 Å². The van der Waals surface area contributed by atoms with Crippen molar-refractivity contribution >= 4 is 0 Å². The quantitative estimate of drug-likeness (QED) is 0.732. The van der Waals surface area contributed by atoms with Crippen molar-refractivity contribution in [2.24, 2.45) is 0 Å². The lowest BCUT2D eigenvalue weighted by molar-refractivity contribution is 0.397. The summed E-state index contributed by atoms with van der Waals surface area (Å²) in [6.45, 7) is 1.62. The molecule has 0 saturated carbocycles. The number of nitrogens with zero attached hydrogens (tertiary/aromatic N) is 2. The van der Waals surface area contributed by atoms with Crippen LogP contribution in [0.3, 0.4) is 0 Å². The summed E-state index contributed by atoms with van der Waals surface area (Å²) in [7, 11) is 0. The van der Waals surface area contributed by atoms with Crippen LogP contribution in [0.2, 0.25) is 0 Å². The second-order valence-electron chi connectivity index (χ2n) is 2.69. The zero-order valence-corrected chi connectivity index (χ0v) is 7.24. The van der Waals surface area contributed by atoms with Crippen LogP contribution in [0.4, 0.5) is 4.39 Å². The van der Waals surface area contributed by atoms with Gasteiger partial charge >= 0.3 is 0 Å². The molecule has 0 spiro atoms. The largest absolute Gasteiger partial charge is 0.361 e. The summed E-state index contributed by atoms with van der Waals surface area (Å²) in [5.74, 6) is -0.513. The number of hydrogen-bond donors (Lipinski definition) is 1. The zero-order chi connectivity index (χ0) is 10.1. The van der Waals surface area contributed by atoms with E-state index in [2.05, 4.69) is 15.1 Å². The van der Waals surface area contributed by atoms with Crippen molar-refractivity contribution in [2.45, 2.75) is 6.92 Å². The first-order valence-electron chi connectivity index (χ1n) is 3.85. The normalized spacial score (nSPS) is 10.4. The molecule has 0 fully saturated rings. The fraction of sp³-hybridized carbons (Fsp3) is 0.125. The van der Waals surface area contributed by atoms with E-state index < -0.39 is 11.4 Å². The molecule has 2 aromatic heterocycles. The van der Waals surface area contributed by atoms with Crippen LogP contribution < -0.4 is 5.56 Å². The molecule has 2 heterocycles.